The van der Waals surface area contributed by atoms with Crippen molar-refractivity contribution in [2.45, 2.75) is 63.5 Å². The maximum Gasteiger partial charge on any atom is 0.213 e. The average molecular weight is 523 g/mol. The van der Waals surface area contributed by atoms with E-state index in [-0.39, 0.29) is 11.0 Å². The van der Waals surface area contributed by atoms with Crippen LogP contribution >= 0.6 is 0 Å². The highest BCUT2D eigenvalue weighted by molar-refractivity contribution is 5.74. The molecular formula is C38H38N2+2. The minimum absolute atomic E-state index is 0.0189. The predicted octanol–water partition coefficient (Wildman–Crippen LogP) is 8.43. The van der Waals surface area contributed by atoms with Crippen molar-refractivity contribution in [1.82, 2.24) is 0 Å². The highest BCUT2D eigenvalue weighted by Crippen LogP contribution is 2.52. The van der Waals surface area contributed by atoms with Crippen molar-refractivity contribution in [1.29, 1.82) is 0 Å². The van der Waals surface area contributed by atoms with Crippen LogP contribution in [0.2, 0.25) is 0 Å². The van der Waals surface area contributed by atoms with E-state index in [0.717, 1.165) is 25.7 Å². The maximum absolute atomic E-state index is 2.64. The fraction of sp³-hybridized carbons (Fsp3) is 0.263. The van der Waals surface area contributed by atoms with Crippen LogP contribution in [0.3, 0.4) is 0 Å². The summed E-state index contributed by atoms with van der Waals surface area (Å²) in [7, 11) is 0. The van der Waals surface area contributed by atoms with Gasteiger partial charge in [-0.2, -0.15) is 9.13 Å². The molecule has 0 saturated heterocycles. The summed E-state index contributed by atoms with van der Waals surface area (Å²) in [6.45, 7) is 7.31. The van der Waals surface area contributed by atoms with Crippen molar-refractivity contribution >= 4 is 0 Å². The summed E-state index contributed by atoms with van der Waals surface area (Å²) in [6.07, 6.45) is 9.02. The van der Waals surface area contributed by atoms with Gasteiger partial charge in [0.05, 0.1) is 16.5 Å². The predicted molar refractivity (Wildman–Crippen MR) is 163 cm³/mol. The van der Waals surface area contributed by atoms with Crippen LogP contribution in [0.1, 0.15) is 63.6 Å². The Balaban J connectivity index is 1.33. The lowest BCUT2D eigenvalue weighted by Gasteiger charge is -2.48. The molecule has 2 aliphatic rings. The molecule has 0 radical (unpaired) electrons. The SMILES string of the molecule is CCC1(C)c2ccccc2-c2cccc[n+]2C1(CC)CCC1c2ccc(-c3ccccc3)cc2-c2cccc[n+]21. The fourth-order valence-corrected chi connectivity index (χ4v) is 8.05. The molecule has 7 rings (SSSR count). The zero-order valence-electron chi connectivity index (χ0n) is 23.8. The first-order valence-corrected chi connectivity index (χ1v) is 14.9. The van der Waals surface area contributed by atoms with Crippen molar-refractivity contribution in [2.24, 2.45) is 0 Å². The van der Waals surface area contributed by atoms with Crippen LogP contribution in [0.4, 0.5) is 0 Å². The third-order valence-corrected chi connectivity index (χ3v) is 10.3. The van der Waals surface area contributed by atoms with E-state index in [1.54, 1.807) is 0 Å². The summed E-state index contributed by atoms with van der Waals surface area (Å²) < 4.78 is 5.17. The summed E-state index contributed by atoms with van der Waals surface area (Å²) in [5, 5.41) is 0. The van der Waals surface area contributed by atoms with Crippen LogP contribution in [0.15, 0.2) is 122 Å². The van der Waals surface area contributed by atoms with Crippen molar-refractivity contribution in [3.8, 4) is 33.6 Å². The lowest BCUT2D eigenvalue weighted by molar-refractivity contribution is -0.772. The largest absolute Gasteiger partial charge is 0.213 e. The van der Waals surface area contributed by atoms with Crippen LogP contribution in [0.5, 0.6) is 0 Å². The van der Waals surface area contributed by atoms with Crippen LogP contribution in [0.25, 0.3) is 33.6 Å². The quantitative estimate of drug-likeness (QED) is 0.198. The molecule has 0 saturated carbocycles. The molecule has 0 fully saturated rings. The van der Waals surface area contributed by atoms with Crippen LogP contribution in [-0.4, -0.2) is 0 Å². The zero-order valence-corrected chi connectivity index (χ0v) is 23.8. The molecule has 3 atom stereocenters. The van der Waals surface area contributed by atoms with Crippen molar-refractivity contribution in [2.75, 3.05) is 0 Å². The van der Waals surface area contributed by atoms with E-state index in [9.17, 15) is 0 Å². The van der Waals surface area contributed by atoms with Gasteiger partial charge in [-0.3, -0.25) is 0 Å². The second-order valence-corrected chi connectivity index (χ2v) is 11.8. The molecule has 3 unspecified atom stereocenters. The fourth-order valence-electron chi connectivity index (χ4n) is 8.05. The Bertz CT molecular complexity index is 1700. The van der Waals surface area contributed by atoms with E-state index in [4.69, 9.17) is 0 Å². The van der Waals surface area contributed by atoms with E-state index in [0.29, 0.717) is 6.04 Å². The number of nitrogens with zero attached hydrogens (tertiary/aromatic N) is 2. The smallest absolute Gasteiger partial charge is 0.192 e. The summed E-state index contributed by atoms with van der Waals surface area (Å²) >= 11 is 0. The van der Waals surface area contributed by atoms with E-state index in [2.05, 4.69) is 151 Å². The Hall–Kier alpha value is -4.04. The zero-order chi connectivity index (χ0) is 27.3. The molecule has 2 heteroatoms. The third kappa shape index (κ3) is 3.48. The molecule has 198 valence electrons. The topological polar surface area (TPSA) is 7.76 Å². The first-order chi connectivity index (χ1) is 19.6. The number of fused-ring (bicyclic) bond motifs is 6. The Labute approximate surface area is 238 Å². The summed E-state index contributed by atoms with van der Waals surface area (Å²) in [6, 6.07) is 40.7. The average Bonchev–Trinajstić information content (AvgIpc) is 3.34. The minimum Gasteiger partial charge on any atom is -0.192 e. The van der Waals surface area contributed by atoms with Gasteiger partial charge in [0.2, 0.25) is 11.4 Å². The van der Waals surface area contributed by atoms with Crippen molar-refractivity contribution in [3.05, 3.63) is 133 Å². The molecule has 0 spiro atoms. The summed E-state index contributed by atoms with van der Waals surface area (Å²) in [5.41, 5.74) is 10.9. The summed E-state index contributed by atoms with van der Waals surface area (Å²) in [5.74, 6) is 0. The highest BCUT2D eigenvalue weighted by atomic mass is 15.1. The lowest BCUT2D eigenvalue weighted by Crippen LogP contribution is -2.69. The highest BCUT2D eigenvalue weighted by Gasteiger charge is 2.59. The summed E-state index contributed by atoms with van der Waals surface area (Å²) in [4.78, 5) is 0. The van der Waals surface area contributed by atoms with Crippen LogP contribution in [-0.2, 0) is 11.0 Å². The molecule has 0 N–H and O–H groups in total. The number of aromatic nitrogens is 2. The Morgan fingerprint density at radius 2 is 1.38 bits per heavy atom. The van der Waals surface area contributed by atoms with Crippen molar-refractivity contribution < 1.29 is 9.13 Å². The lowest BCUT2D eigenvalue weighted by atomic mass is 9.58. The molecule has 4 heterocycles. The Morgan fingerprint density at radius 3 is 2.17 bits per heavy atom. The van der Waals surface area contributed by atoms with Crippen LogP contribution < -0.4 is 9.13 Å². The van der Waals surface area contributed by atoms with Crippen LogP contribution in [0, 0.1) is 0 Å². The van der Waals surface area contributed by atoms with Gasteiger partial charge in [0.15, 0.2) is 24.0 Å². The maximum atomic E-state index is 2.64. The van der Waals surface area contributed by atoms with Gasteiger partial charge in [-0.1, -0.05) is 74.5 Å². The van der Waals surface area contributed by atoms with E-state index >= 15 is 0 Å². The van der Waals surface area contributed by atoms with Gasteiger partial charge in [0, 0.05) is 49.1 Å². The molecular weight excluding hydrogens is 484 g/mol. The standard InChI is InChI=1S/C38H38N2/c1-4-37(3)33-18-10-9-17-31(33)36-20-12-14-26-40(36)38(37,5-2)24-23-35-30-22-21-29(28-15-7-6-8-16-28)27-32(30)34-19-11-13-25-39(34)35/h6-22,25-27,35H,4-5,23-24H2,1-3H3/q+2. The Kier molecular flexibility index (Phi) is 5.96. The van der Waals surface area contributed by atoms with Gasteiger partial charge in [-0.15, -0.1) is 0 Å². The van der Waals surface area contributed by atoms with Gasteiger partial charge in [0.1, 0.15) is 0 Å². The second kappa shape index (κ2) is 9.55. The van der Waals surface area contributed by atoms with E-state index < -0.39 is 0 Å². The van der Waals surface area contributed by atoms with Gasteiger partial charge in [-0.25, -0.2) is 0 Å². The van der Waals surface area contributed by atoms with Gasteiger partial charge < -0.3 is 0 Å². The second-order valence-electron chi connectivity index (χ2n) is 11.8. The van der Waals surface area contributed by atoms with E-state index in [1.165, 1.54) is 44.8 Å². The van der Waals surface area contributed by atoms with Gasteiger partial charge in [0.25, 0.3) is 0 Å². The van der Waals surface area contributed by atoms with Crippen molar-refractivity contribution in [3.63, 3.8) is 0 Å². The minimum atomic E-state index is -0.0189. The molecule has 2 aliphatic heterocycles. The molecule has 40 heavy (non-hydrogen) atoms. The molecule has 0 amide bonds. The number of hydrogen-bond donors (Lipinski definition) is 0. The Morgan fingerprint density at radius 1 is 0.650 bits per heavy atom. The number of benzene rings is 3. The molecule has 0 aliphatic carbocycles. The number of rotatable bonds is 6. The van der Waals surface area contributed by atoms with E-state index in [1.807, 2.05) is 0 Å². The number of pyridine rings is 2. The monoisotopic (exact) mass is 522 g/mol. The molecule has 2 aromatic heterocycles. The molecule has 2 nitrogen and oxygen atoms in total. The first-order valence-electron chi connectivity index (χ1n) is 14.9. The molecule has 5 aromatic rings. The van der Waals surface area contributed by atoms with Gasteiger partial charge >= 0.3 is 0 Å². The first kappa shape index (κ1) is 25.0. The number of hydrogen-bond acceptors (Lipinski definition) is 0. The molecule has 3 aromatic carbocycles. The molecule has 0 bridgehead atoms. The third-order valence-electron chi connectivity index (χ3n) is 10.3. The normalized spacial score (nSPS) is 22.2. The van der Waals surface area contributed by atoms with Gasteiger partial charge in [-0.05, 0) is 54.3 Å².